The summed E-state index contributed by atoms with van der Waals surface area (Å²) < 4.78 is 1.99. The molecule has 0 saturated carbocycles. The molecule has 0 atom stereocenters. The number of piperazine rings is 1. The number of rotatable bonds is 7. The fourth-order valence-electron chi connectivity index (χ4n) is 5.47. The van der Waals surface area contributed by atoms with Crippen molar-refractivity contribution in [2.24, 2.45) is 0 Å². The maximum Gasteiger partial charge on any atom is 0.229 e. The third-order valence-electron chi connectivity index (χ3n) is 7.74. The molecule has 1 saturated heterocycles. The van der Waals surface area contributed by atoms with Crippen molar-refractivity contribution in [1.29, 1.82) is 0 Å². The molecule has 7 heteroatoms. The van der Waals surface area contributed by atoms with Crippen LogP contribution in [0.25, 0.3) is 16.7 Å². The summed E-state index contributed by atoms with van der Waals surface area (Å²) in [6.45, 7) is 5.84. The van der Waals surface area contributed by atoms with Crippen molar-refractivity contribution in [2.75, 3.05) is 45.1 Å². The number of aryl methyl sites for hydroxylation is 3. The Hall–Kier alpha value is -3.55. The zero-order valence-electron chi connectivity index (χ0n) is 21.5. The van der Waals surface area contributed by atoms with Crippen LogP contribution in [0.5, 0.6) is 0 Å². The van der Waals surface area contributed by atoms with Crippen LogP contribution in [0.4, 0.5) is 11.6 Å². The van der Waals surface area contributed by atoms with Crippen molar-refractivity contribution >= 4 is 22.7 Å². The van der Waals surface area contributed by atoms with Gasteiger partial charge in [-0.2, -0.15) is 4.98 Å². The molecule has 2 aromatic heterocycles. The second kappa shape index (κ2) is 10.4. The van der Waals surface area contributed by atoms with E-state index in [0.717, 1.165) is 37.2 Å². The Labute approximate surface area is 217 Å². The summed E-state index contributed by atoms with van der Waals surface area (Å²) in [5.41, 5.74) is 6.66. The van der Waals surface area contributed by atoms with Crippen LogP contribution in [0.2, 0.25) is 0 Å². The predicted octanol–water partition coefficient (Wildman–Crippen LogP) is 4.19. The van der Waals surface area contributed by atoms with Crippen LogP contribution in [0.1, 0.15) is 29.5 Å². The highest BCUT2D eigenvalue weighted by molar-refractivity contribution is 5.77. The molecule has 190 valence electrons. The van der Waals surface area contributed by atoms with E-state index in [1.54, 1.807) is 12.3 Å². The number of hydrogen-bond acceptors (Lipinski definition) is 6. The van der Waals surface area contributed by atoms with E-state index in [1.165, 1.54) is 55.7 Å². The molecular weight excluding hydrogens is 460 g/mol. The molecule has 1 fully saturated rings. The summed E-state index contributed by atoms with van der Waals surface area (Å²) in [5.74, 6) is 0.482. The first-order valence-electron chi connectivity index (χ1n) is 13.4. The highest BCUT2D eigenvalue weighted by Crippen LogP contribution is 2.26. The van der Waals surface area contributed by atoms with E-state index in [2.05, 4.69) is 69.6 Å². The van der Waals surface area contributed by atoms with Gasteiger partial charge in [0, 0.05) is 56.0 Å². The molecule has 1 aliphatic carbocycles. The molecule has 37 heavy (non-hydrogen) atoms. The van der Waals surface area contributed by atoms with Crippen LogP contribution in [-0.2, 0) is 19.3 Å². The number of benzene rings is 2. The van der Waals surface area contributed by atoms with E-state index >= 15 is 0 Å². The van der Waals surface area contributed by atoms with E-state index in [9.17, 15) is 4.79 Å². The molecule has 2 aromatic carbocycles. The summed E-state index contributed by atoms with van der Waals surface area (Å²) in [4.78, 5) is 26.7. The van der Waals surface area contributed by atoms with Crippen LogP contribution in [0.15, 0.2) is 65.7 Å². The summed E-state index contributed by atoms with van der Waals surface area (Å²) in [7, 11) is 2.20. The summed E-state index contributed by atoms with van der Waals surface area (Å²) in [5, 5.41) is 3.84. The monoisotopic (exact) mass is 494 g/mol. The third kappa shape index (κ3) is 5.29. The summed E-state index contributed by atoms with van der Waals surface area (Å²) >= 11 is 0. The maximum atomic E-state index is 12.5. The van der Waals surface area contributed by atoms with Gasteiger partial charge in [-0.15, -0.1) is 0 Å². The molecular formula is C30H34N6O. The number of fused-ring (bicyclic) bond motifs is 2. The van der Waals surface area contributed by atoms with Crippen molar-refractivity contribution in [3.05, 3.63) is 87.8 Å². The Bertz CT molecular complexity index is 1450. The van der Waals surface area contributed by atoms with Gasteiger partial charge in [-0.05, 0) is 86.7 Å². The highest BCUT2D eigenvalue weighted by Gasteiger charge is 2.15. The number of hydrogen-bond donors (Lipinski definition) is 1. The lowest BCUT2D eigenvalue weighted by Gasteiger charge is -2.32. The van der Waals surface area contributed by atoms with Crippen LogP contribution in [-0.4, -0.2) is 64.1 Å². The summed E-state index contributed by atoms with van der Waals surface area (Å²) in [6.07, 6.45) is 9.14. The van der Waals surface area contributed by atoms with Crippen molar-refractivity contribution in [2.45, 2.75) is 32.1 Å². The molecule has 4 aromatic rings. The normalized spacial score (nSPS) is 16.2. The third-order valence-corrected chi connectivity index (χ3v) is 7.74. The van der Waals surface area contributed by atoms with E-state index in [-0.39, 0.29) is 5.43 Å². The van der Waals surface area contributed by atoms with Crippen LogP contribution < -0.4 is 10.7 Å². The van der Waals surface area contributed by atoms with Crippen molar-refractivity contribution in [3.63, 3.8) is 0 Å². The molecule has 7 nitrogen and oxygen atoms in total. The second-order valence-electron chi connectivity index (χ2n) is 10.4. The SMILES string of the molecule is CN1CCN(CCCc2ccc(Nc3ncc4c(=O)ccn(-c5ccc6c(c5)CCC6)c4n3)cc2)CC1. The first-order valence-corrected chi connectivity index (χ1v) is 13.4. The average Bonchev–Trinajstić information content (AvgIpc) is 3.39. The Morgan fingerprint density at radius 1 is 0.946 bits per heavy atom. The van der Waals surface area contributed by atoms with Gasteiger partial charge in [0.15, 0.2) is 11.1 Å². The first kappa shape index (κ1) is 23.8. The second-order valence-corrected chi connectivity index (χ2v) is 10.4. The molecule has 6 rings (SSSR count). The molecule has 2 aliphatic rings. The van der Waals surface area contributed by atoms with Gasteiger partial charge in [0.25, 0.3) is 0 Å². The number of likely N-dealkylation sites (N-methyl/N-ethyl adjacent to an activating group) is 1. The van der Waals surface area contributed by atoms with E-state index in [4.69, 9.17) is 4.98 Å². The largest absolute Gasteiger partial charge is 0.324 e. The van der Waals surface area contributed by atoms with Crippen molar-refractivity contribution in [1.82, 2.24) is 24.3 Å². The molecule has 0 radical (unpaired) electrons. The van der Waals surface area contributed by atoms with Gasteiger partial charge in [0.05, 0.1) is 5.39 Å². The Balaban J connectivity index is 1.16. The molecule has 1 N–H and O–H groups in total. The van der Waals surface area contributed by atoms with Gasteiger partial charge < -0.3 is 19.7 Å². The van der Waals surface area contributed by atoms with E-state index < -0.39 is 0 Å². The lowest BCUT2D eigenvalue weighted by atomic mass is 10.1. The van der Waals surface area contributed by atoms with Crippen LogP contribution in [0.3, 0.4) is 0 Å². The smallest absolute Gasteiger partial charge is 0.229 e. The van der Waals surface area contributed by atoms with Gasteiger partial charge >= 0.3 is 0 Å². The fraction of sp³-hybridized carbons (Fsp3) is 0.367. The molecule has 0 bridgehead atoms. The van der Waals surface area contributed by atoms with Crippen molar-refractivity contribution in [3.8, 4) is 5.69 Å². The van der Waals surface area contributed by atoms with Gasteiger partial charge in [0.2, 0.25) is 5.95 Å². The van der Waals surface area contributed by atoms with Gasteiger partial charge in [0.1, 0.15) is 0 Å². The van der Waals surface area contributed by atoms with Gasteiger partial charge in [-0.1, -0.05) is 18.2 Å². The Morgan fingerprint density at radius 3 is 2.59 bits per heavy atom. The number of aromatic nitrogens is 3. The quantitative estimate of drug-likeness (QED) is 0.416. The topological polar surface area (TPSA) is 66.3 Å². The lowest BCUT2D eigenvalue weighted by molar-refractivity contribution is 0.153. The van der Waals surface area contributed by atoms with Crippen LogP contribution >= 0.6 is 0 Å². The molecule has 3 heterocycles. The number of nitrogens with one attached hydrogen (secondary N) is 1. The van der Waals surface area contributed by atoms with Crippen LogP contribution in [0, 0.1) is 0 Å². The molecule has 0 unspecified atom stereocenters. The minimum Gasteiger partial charge on any atom is -0.324 e. The number of anilines is 2. The van der Waals surface area contributed by atoms with Gasteiger partial charge in [-0.25, -0.2) is 4.98 Å². The molecule has 1 aliphatic heterocycles. The lowest BCUT2D eigenvalue weighted by Crippen LogP contribution is -2.44. The van der Waals surface area contributed by atoms with Crippen molar-refractivity contribution < 1.29 is 0 Å². The Kier molecular flexibility index (Phi) is 6.72. The minimum absolute atomic E-state index is 0.0695. The van der Waals surface area contributed by atoms with E-state index in [1.807, 2.05) is 10.8 Å². The highest BCUT2D eigenvalue weighted by atomic mass is 16.1. The number of pyridine rings is 1. The fourth-order valence-corrected chi connectivity index (χ4v) is 5.47. The zero-order valence-corrected chi connectivity index (χ0v) is 21.5. The standard InChI is InChI=1S/C30H34N6O/c1-34-16-18-35(19-17-34)14-3-4-22-7-10-25(11-8-22)32-30-31-21-27-28(37)13-15-36(29(27)33-30)26-12-9-23-5-2-6-24(23)20-26/h7-13,15,20-21H,2-6,14,16-19H2,1H3,(H,31,32,33). The van der Waals surface area contributed by atoms with E-state index in [0.29, 0.717) is 17.0 Å². The first-order chi connectivity index (χ1) is 18.1. The zero-order chi connectivity index (χ0) is 25.2. The molecule has 0 spiro atoms. The molecule has 0 amide bonds. The van der Waals surface area contributed by atoms with Gasteiger partial charge in [-0.3, -0.25) is 4.79 Å². The predicted molar refractivity (Wildman–Crippen MR) is 149 cm³/mol. The maximum absolute atomic E-state index is 12.5. The Morgan fingerprint density at radius 2 is 1.76 bits per heavy atom. The average molecular weight is 495 g/mol. The summed E-state index contributed by atoms with van der Waals surface area (Å²) in [6, 6.07) is 16.6. The number of nitrogens with zero attached hydrogens (tertiary/aromatic N) is 5. The minimum atomic E-state index is -0.0695.